The number of halogens is 3. The lowest BCUT2D eigenvalue weighted by molar-refractivity contribution is -0.137. The number of rotatable bonds is 6. The number of hydrogen-bond acceptors (Lipinski definition) is 3. The molecule has 2 aromatic carbocycles. The molecule has 5 nitrogen and oxygen atoms in total. The lowest BCUT2D eigenvalue weighted by Gasteiger charge is -2.14. The molecule has 31 heavy (non-hydrogen) atoms. The number of alkyl halides is 3. The predicted octanol–water partition coefficient (Wildman–Crippen LogP) is 4.48. The normalized spacial score (nSPS) is 12.4. The van der Waals surface area contributed by atoms with Crippen LogP contribution < -0.4 is 10.7 Å². The molecule has 3 rings (SSSR count). The average molecular weight is 429 g/mol. The minimum absolute atomic E-state index is 0.110. The first-order valence-corrected chi connectivity index (χ1v) is 9.78. The second-order valence-corrected chi connectivity index (χ2v) is 7.31. The molecule has 0 aliphatic carbocycles. The van der Waals surface area contributed by atoms with Crippen molar-refractivity contribution in [3.05, 3.63) is 93.4 Å². The molecule has 0 aliphatic heterocycles. The maximum Gasteiger partial charge on any atom is 0.416 e. The molecule has 1 atom stereocenters. The number of carbonyl (C=O) groups is 1. The maximum absolute atomic E-state index is 13.0. The Morgan fingerprint density at radius 2 is 1.81 bits per heavy atom. The van der Waals surface area contributed by atoms with Crippen LogP contribution in [0, 0.1) is 6.92 Å². The Bertz CT molecular complexity index is 1120. The Balaban J connectivity index is 1.78. The van der Waals surface area contributed by atoms with Crippen LogP contribution in [0.5, 0.6) is 0 Å². The Kier molecular flexibility index (Phi) is 6.58. The fraction of sp³-hybridized carbons (Fsp3) is 0.261. The fourth-order valence-electron chi connectivity index (χ4n) is 3.21. The number of amides is 1. The van der Waals surface area contributed by atoms with Gasteiger partial charge in [-0.25, -0.2) is 4.68 Å². The van der Waals surface area contributed by atoms with Crippen LogP contribution in [0.4, 0.5) is 13.2 Å². The van der Waals surface area contributed by atoms with Gasteiger partial charge in [-0.1, -0.05) is 43.3 Å². The van der Waals surface area contributed by atoms with Crippen molar-refractivity contribution in [1.29, 1.82) is 0 Å². The minimum Gasteiger partial charge on any atom is -0.350 e. The van der Waals surface area contributed by atoms with Crippen LogP contribution in [-0.2, 0) is 6.18 Å². The maximum atomic E-state index is 13.0. The van der Waals surface area contributed by atoms with Crippen LogP contribution in [0.15, 0.2) is 65.5 Å². The van der Waals surface area contributed by atoms with Crippen molar-refractivity contribution in [2.75, 3.05) is 6.54 Å². The Labute approximate surface area is 177 Å². The third-order valence-corrected chi connectivity index (χ3v) is 4.97. The van der Waals surface area contributed by atoms with E-state index in [0.29, 0.717) is 18.7 Å². The first kappa shape index (κ1) is 22.3. The van der Waals surface area contributed by atoms with Gasteiger partial charge < -0.3 is 5.32 Å². The Morgan fingerprint density at radius 1 is 1.10 bits per heavy atom. The Hall–Kier alpha value is -3.42. The highest BCUT2D eigenvalue weighted by Crippen LogP contribution is 2.30. The predicted molar refractivity (Wildman–Crippen MR) is 111 cm³/mol. The summed E-state index contributed by atoms with van der Waals surface area (Å²) in [7, 11) is 0. The largest absolute Gasteiger partial charge is 0.416 e. The van der Waals surface area contributed by atoms with Gasteiger partial charge in [0, 0.05) is 18.3 Å². The van der Waals surface area contributed by atoms with Gasteiger partial charge in [0.25, 0.3) is 5.91 Å². The minimum atomic E-state index is -4.52. The monoisotopic (exact) mass is 429 g/mol. The molecule has 0 aliphatic rings. The summed E-state index contributed by atoms with van der Waals surface area (Å²) in [5.41, 5.74) is -0.231. The molecule has 8 heteroatoms. The number of carbonyl (C=O) groups excluding carboxylic acids is 1. The Morgan fingerprint density at radius 3 is 2.48 bits per heavy atom. The van der Waals surface area contributed by atoms with E-state index < -0.39 is 23.1 Å². The zero-order valence-corrected chi connectivity index (χ0v) is 17.1. The fourth-order valence-corrected chi connectivity index (χ4v) is 3.21. The number of benzene rings is 2. The summed E-state index contributed by atoms with van der Waals surface area (Å²) in [5.74, 6) is -0.458. The van der Waals surface area contributed by atoms with Gasteiger partial charge in [0.05, 0.1) is 11.3 Å². The van der Waals surface area contributed by atoms with E-state index in [-0.39, 0.29) is 17.3 Å². The quantitative estimate of drug-likeness (QED) is 0.628. The first-order valence-electron chi connectivity index (χ1n) is 9.78. The van der Waals surface area contributed by atoms with E-state index in [4.69, 9.17) is 0 Å². The first-order chi connectivity index (χ1) is 14.7. The van der Waals surface area contributed by atoms with E-state index in [1.165, 1.54) is 25.1 Å². The second-order valence-electron chi connectivity index (χ2n) is 7.31. The topological polar surface area (TPSA) is 64.0 Å². The zero-order valence-electron chi connectivity index (χ0n) is 17.1. The summed E-state index contributed by atoms with van der Waals surface area (Å²) in [6.07, 6.45) is -3.86. The highest BCUT2D eigenvalue weighted by atomic mass is 19.4. The smallest absolute Gasteiger partial charge is 0.350 e. The van der Waals surface area contributed by atoms with Gasteiger partial charge in [-0.2, -0.15) is 18.3 Å². The van der Waals surface area contributed by atoms with Crippen molar-refractivity contribution in [3.63, 3.8) is 0 Å². The van der Waals surface area contributed by atoms with Gasteiger partial charge >= 0.3 is 6.18 Å². The molecule has 0 fully saturated rings. The van der Waals surface area contributed by atoms with Gasteiger partial charge in [0.2, 0.25) is 5.43 Å². The van der Waals surface area contributed by atoms with Crippen molar-refractivity contribution >= 4 is 5.91 Å². The third kappa shape index (κ3) is 5.39. The highest BCUT2D eigenvalue weighted by Gasteiger charge is 2.30. The summed E-state index contributed by atoms with van der Waals surface area (Å²) >= 11 is 0. The number of nitrogens with zero attached hydrogens (tertiary/aromatic N) is 2. The highest BCUT2D eigenvalue weighted by molar-refractivity contribution is 5.92. The van der Waals surface area contributed by atoms with Crippen molar-refractivity contribution in [2.24, 2.45) is 0 Å². The second kappa shape index (κ2) is 9.16. The van der Waals surface area contributed by atoms with E-state index in [1.807, 2.05) is 37.3 Å². The molecule has 1 heterocycles. The van der Waals surface area contributed by atoms with E-state index in [2.05, 4.69) is 10.4 Å². The molecule has 3 aromatic rings. The average Bonchev–Trinajstić information content (AvgIpc) is 2.73. The van der Waals surface area contributed by atoms with Crippen molar-refractivity contribution in [1.82, 2.24) is 15.1 Å². The summed E-state index contributed by atoms with van der Waals surface area (Å²) in [5, 5.41) is 6.73. The van der Waals surface area contributed by atoms with Crippen LogP contribution in [0.1, 0.15) is 46.6 Å². The standard InChI is InChI=1S/C23H22F3N3O2/c1-15(17-7-4-3-5-8-17)11-12-27-22(31)21-20(30)13-16(2)29(28-21)19-10-6-9-18(14-19)23(24,25)26/h3-10,13-15H,11-12H2,1-2H3,(H,27,31). The zero-order chi connectivity index (χ0) is 22.6. The molecule has 0 spiro atoms. The number of aromatic nitrogens is 2. The molecule has 0 radical (unpaired) electrons. The number of hydrogen-bond donors (Lipinski definition) is 1. The molecule has 0 bridgehead atoms. The summed E-state index contributed by atoms with van der Waals surface area (Å²) in [6, 6.07) is 15.6. The molecule has 0 saturated carbocycles. The van der Waals surface area contributed by atoms with Crippen molar-refractivity contribution in [3.8, 4) is 5.69 Å². The molecule has 1 aromatic heterocycles. The van der Waals surface area contributed by atoms with Crippen LogP contribution in [-0.4, -0.2) is 22.2 Å². The molecule has 1 amide bonds. The summed E-state index contributed by atoms with van der Waals surface area (Å²) in [6.45, 7) is 3.90. The van der Waals surface area contributed by atoms with E-state index in [1.54, 1.807) is 0 Å². The molecule has 162 valence electrons. The van der Waals surface area contributed by atoms with Gasteiger partial charge in [-0.3, -0.25) is 9.59 Å². The molecule has 0 saturated heterocycles. The SMILES string of the molecule is Cc1cc(=O)c(C(=O)NCCC(C)c2ccccc2)nn1-c1cccc(C(F)(F)F)c1. The van der Waals surface area contributed by atoms with Crippen molar-refractivity contribution in [2.45, 2.75) is 32.4 Å². The van der Waals surface area contributed by atoms with E-state index >= 15 is 0 Å². The van der Waals surface area contributed by atoms with Gasteiger partial charge in [-0.05, 0) is 43.0 Å². The van der Waals surface area contributed by atoms with Gasteiger partial charge in [0.1, 0.15) is 0 Å². The van der Waals surface area contributed by atoms with Crippen LogP contribution in [0.25, 0.3) is 5.69 Å². The van der Waals surface area contributed by atoms with Gasteiger partial charge in [-0.15, -0.1) is 0 Å². The summed E-state index contributed by atoms with van der Waals surface area (Å²) in [4.78, 5) is 24.8. The number of nitrogens with one attached hydrogen (secondary N) is 1. The van der Waals surface area contributed by atoms with E-state index in [9.17, 15) is 22.8 Å². The van der Waals surface area contributed by atoms with E-state index in [0.717, 1.165) is 22.4 Å². The van der Waals surface area contributed by atoms with Crippen LogP contribution >= 0.6 is 0 Å². The summed E-state index contributed by atoms with van der Waals surface area (Å²) < 4.78 is 40.3. The lowest BCUT2D eigenvalue weighted by atomic mass is 9.98. The number of aryl methyl sites for hydroxylation is 1. The molecule has 1 N–H and O–H groups in total. The van der Waals surface area contributed by atoms with Crippen LogP contribution in [0.3, 0.4) is 0 Å². The van der Waals surface area contributed by atoms with Crippen LogP contribution in [0.2, 0.25) is 0 Å². The lowest BCUT2D eigenvalue weighted by Crippen LogP contribution is -2.33. The van der Waals surface area contributed by atoms with Crippen molar-refractivity contribution < 1.29 is 18.0 Å². The van der Waals surface area contributed by atoms with Gasteiger partial charge in [0.15, 0.2) is 5.69 Å². The molecular weight excluding hydrogens is 407 g/mol. The molecule has 1 unspecified atom stereocenters. The molecular formula is C23H22F3N3O2. The third-order valence-electron chi connectivity index (χ3n) is 4.97.